The Kier molecular flexibility index (Phi) is 4.02. The number of rotatable bonds is 4. The first-order valence-corrected chi connectivity index (χ1v) is 8.51. The van der Waals surface area contributed by atoms with E-state index in [1.807, 2.05) is 5.54 Å². The summed E-state index contributed by atoms with van der Waals surface area (Å²) in [5.74, 6) is 0. The Hall–Kier alpha value is 0.217. The van der Waals surface area contributed by atoms with Gasteiger partial charge in [-0.3, -0.25) is 0 Å². The van der Waals surface area contributed by atoms with Crippen molar-refractivity contribution < 1.29 is 0 Å². The molecule has 0 atom stereocenters. The van der Waals surface area contributed by atoms with Crippen molar-refractivity contribution in [3.8, 4) is 0 Å². The Morgan fingerprint density at radius 1 is 1.08 bits per heavy atom. The van der Waals surface area contributed by atoms with Crippen LogP contribution in [0.5, 0.6) is 0 Å². The lowest BCUT2D eigenvalue weighted by atomic mass is 10.4. The zero-order valence-corrected chi connectivity index (χ0v) is 10.8. The van der Waals surface area contributed by atoms with Gasteiger partial charge >= 0.3 is 0 Å². The van der Waals surface area contributed by atoms with Gasteiger partial charge in [0.2, 0.25) is 0 Å². The van der Waals surface area contributed by atoms with Crippen LogP contribution in [-0.2, 0) is 0 Å². The maximum absolute atomic E-state index is 2.46. The predicted molar refractivity (Wildman–Crippen MR) is 63.5 cm³/mol. The average molecular weight is 197 g/mol. The minimum Gasteiger partial charge on any atom is -0.0677 e. The van der Waals surface area contributed by atoms with Gasteiger partial charge < -0.3 is 0 Å². The normalized spacial score (nSPS) is 20.1. The quantitative estimate of drug-likeness (QED) is 0.579. The summed E-state index contributed by atoms with van der Waals surface area (Å²) in [6, 6.07) is 2.97. The van der Waals surface area contributed by atoms with Crippen molar-refractivity contribution in [2.45, 2.75) is 71.0 Å². The van der Waals surface area contributed by atoms with Gasteiger partial charge in [0.25, 0.3) is 0 Å². The topological polar surface area (TPSA) is 0 Å². The van der Waals surface area contributed by atoms with Crippen LogP contribution in [0.25, 0.3) is 0 Å². The first-order valence-electron chi connectivity index (χ1n) is 6.02. The SMILES string of the molecule is CC[Si](CC)([C]1CCCC1)C(C)C. The maximum Gasteiger partial charge on any atom is 0.0620 e. The highest BCUT2D eigenvalue weighted by Crippen LogP contribution is 2.45. The minimum absolute atomic E-state index is 0.968. The Morgan fingerprint density at radius 2 is 1.54 bits per heavy atom. The smallest absolute Gasteiger partial charge is 0.0620 e. The lowest BCUT2D eigenvalue weighted by Crippen LogP contribution is -2.42. The third-order valence-electron chi connectivity index (χ3n) is 4.28. The molecule has 0 N–H and O–H groups in total. The number of hydrogen-bond donors (Lipinski definition) is 0. The second-order valence-corrected chi connectivity index (χ2v) is 10.4. The molecule has 0 heterocycles. The van der Waals surface area contributed by atoms with E-state index in [0.29, 0.717) is 0 Å². The largest absolute Gasteiger partial charge is 0.0677 e. The first kappa shape index (κ1) is 11.3. The van der Waals surface area contributed by atoms with E-state index in [1.165, 1.54) is 37.8 Å². The van der Waals surface area contributed by atoms with Crippen LogP contribution in [0.2, 0.25) is 17.6 Å². The molecule has 1 aliphatic carbocycles. The van der Waals surface area contributed by atoms with Gasteiger partial charge in [-0.25, -0.2) is 0 Å². The van der Waals surface area contributed by atoms with Crippen molar-refractivity contribution >= 4 is 8.07 Å². The van der Waals surface area contributed by atoms with Gasteiger partial charge in [-0.1, -0.05) is 58.2 Å². The molecular weight excluding hydrogens is 172 g/mol. The van der Waals surface area contributed by atoms with Gasteiger partial charge in [-0.15, -0.1) is 0 Å². The van der Waals surface area contributed by atoms with Crippen molar-refractivity contribution in [3.05, 3.63) is 5.54 Å². The molecule has 0 aromatic heterocycles. The number of hydrogen-bond acceptors (Lipinski definition) is 0. The van der Waals surface area contributed by atoms with Gasteiger partial charge in [-0.2, -0.15) is 0 Å². The van der Waals surface area contributed by atoms with Gasteiger partial charge in [0, 0.05) is 0 Å². The molecule has 0 nitrogen and oxygen atoms in total. The predicted octanol–water partition coefficient (Wildman–Crippen LogP) is 4.57. The van der Waals surface area contributed by atoms with E-state index in [9.17, 15) is 0 Å². The summed E-state index contributed by atoms with van der Waals surface area (Å²) in [6.45, 7) is 9.79. The van der Waals surface area contributed by atoms with E-state index in [-0.39, 0.29) is 0 Å². The van der Waals surface area contributed by atoms with Crippen LogP contribution in [0.3, 0.4) is 0 Å². The summed E-state index contributed by atoms with van der Waals surface area (Å²) in [5.41, 5.74) is 2.99. The van der Waals surface area contributed by atoms with Crippen molar-refractivity contribution in [1.82, 2.24) is 0 Å². The fourth-order valence-corrected chi connectivity index (χ4v) is 8.57. The molecule has 0 aromatic carbocycles. The summed E-state index contributed by atoms with van der Waals surface area (Å²) in [4.78, 5) is 0. The minimum atomic E-state index is -0.971. The van der Waals surface area contributed by atoms with Gasteiger partial charge in [-0.05, 0) is 18.4 Å². The van der Waals surface area contributed by atoms with Gasteiger partial charge in [0.15, 0.2) is 0 Å². The molecule has 77 valence electrons. The Bertz CT molecular complexity index is 141. The molecule has 1 heteroatoms. The highest BCUT2D eigenvalue weighted by Gasteiger charge is 2.41. The molecule has 1 fully saturated rings. The standard InChI is InChI=1S/C12H25Si/c1-5-13(6-2,11(3)4)12-9-7-8-10-12/h11H,5-10H2,1-4H3. The summed E-state index contributed by atoms with van der Waals surface area (Å²) >= 11 is 0. The van der Waals surface area contributed by atoms with Crippen LogP contribution in [0.1, 0.15) is 53.4 Å². The molecule has 1 rings (SSSR count). The molecule has 0 saturated heterocycles. The van der Waals surface area contributed by atoms with Crippen LogP contribution in [0.15, 0.2) is 0 Å². The fourth-order valence-electron chi connectivity index (χ4n) is 3.27. The van der Waals surface area contributed by atoms with E-state index in [0.717, 1.165) is 5.54 Å². The Balaban J connectivity index is 2.74. The monoisotopic (exact) mass is 197 g/mol. The summed E-state index contributed by atoms with van der Waals surface area (Å²) in [7, 11) is -0.971. The summed E-state index contributed by atoms with van der Waals surface area (Å²) < 4.78 is 0. The van der Waals surface area contributed by atoms with E-state index in [1.54, 1.807) is 0 Å². The van der Waals surface area contributed by atoms with Crippen LogP contribution in [-0.4, -0.2) is 8.07 Å². The Labute approximate surface area is 85.1 Å². The molecule has 0 unspecified atom stereocenters. The van der Waals surface area contributed by atoms with Crippen LogP contribution >= 0.6 is 0 Å². The van der Waals surface area contributed by atoms with E-state index < -0.39 is 8.07 Å². The molecule has 0 aliphatic heterocycles. The lowest BCUT2D eigenvalue weighted by molar-refractivity contribution is 0.886. The van der Waals surface area contributed by atoms with Crippen molar-refractivity contribution in [3.63, 3.8) is 0 Å². The van der Waals surface area contributed by atoms with Crippen LogP contribution < -0.4 is 0 Å². The lowest BCUT2D eigenvalue weighted by Gasteiger charge is -2.39. The molecule has 1 aliphatic rings. The van der Waals surface area contributed by atoms with E-state index in [2.05, 4.69) is 27.7 Å². The second kappa shape index (κ2) is 4.63. The Morgan fingerprint density at radius 3 is 1.85 bits per heavy atom. The van der Waals surface area contributed by atoms with E-state index in [4.69, 9.17) is 0 Å². The first-order chi connectivity index (χ1) is 6.17. The van der Waals surface area contributed by atoms with Crippen molar-refractivity contribution in [1.29, 1.82) is 0 Å². The second-order valence-electron chi connectivity index (χ2n) is 4.83. The average Bonchev–Trinajstić information content (AvgIpc) is 2.60. The fraction of sp³-hybridized carbons (Fsp3) is 0.917. The van der Waals surface area contributed by atoms with E-state index >= 15 is 0 Å². The molecule has 1 saturated carbocycles. The van der Waals surface area contributed by atoms with Gasteiger partial charge in [0.05, 0.1) is 8.07 Å². The third kappa shape index (κ3) is 2.01. The molecule has 0 amide bonds. The molecular formula is C12H25Si. The zero-order valence-electron chi connectivity index (χ0n) is 9.82. The zero-order chi connectivity index (χ0) is 9.90. The molecule has 13 heavy (non-hydrogen) atoms. The van der Waals surface area contributed by atoms with Crippen LogP contribution in [0.4, 0.5) is 0 Å². The molecule has 0 spiro atoms. The summed E-state index contributed by atoms with van der Waals surface area (Å²) in [6.07, 6.45) is 5.92. The molecule has 1 radical (unpaired) electrons. The van der Waals surface area contributed by atoms with Crippen LogP contribution in [0, 0.1) is 5.54 Å². The van der Waals surface area contributed by atoms with Crippen molar-refractivity contribution in [2.24, 2.45) is 0 Å². The highest BCUT2D eigenvalue weighted by atomic mass is 28.3. The molecule has 0 aromatic rings. The van der Waals surface area contributed by atoms with Crippen molar-refractivity contribution in [2.75, 3.05) is 0 Å². The third-order valence-corrected chi connectivity index (χ3v) is 10.9. The summed E-state index contributed by atoms with van der Waals surface area (Å²) in [5, 5.41) is 0. The van der Waals surface area contributed by atoms with Gasteiger partial charge in [0.1, 0.15) is 0 Å². The highest BCUT2D eigenvalue weighted by molar-refractivity contribution is 6.86. The maximum atomic E-state index is 2.46. The molecule has 0 bridgehead atoms.